The largest absolute Gasteiger partial charge is 0.312 e. The van der Waals surface area contributed by atoms with E-state index in [-0.39, 0.29) is 17.4 Å². The van der Waals surface area contributed by atoms with Crippen LogP contribution in [-0.2, 0) is 10.3 Å². The van der Waals surface area contributed by atoms with Crippen molar-refractivity contribution in [3.8, 4) is 17.3 Å². The van der Waals surface area contributed by atoms with E-state index in [4.69, 9.17) is 5.26 Å². The van der Waals surface area contributed by atoms with E-state index < -0.39 is 0 Å². The van der Waals surface area contributed by atoms with Crippen molar-refractivity contribution in [3.05, 3.63) is 30.6 Å². The van der Waals surface area contributed by atoms with Crippen LogP contribution < -0.4 is 10.6 Å². The van der Waals surface area contributed by atoms with Crippen LogP contribution in [0.1, 0.15) is 19.3 Å². The van der Waals surface area contributed by atoms with Crippen molar-refractivity contribution in [2.45, 2.75) is 24.8 Å². The Balaban J connectivity index is 1.49. The number of nitrogens with zero attached hydrogens (tertiary/aromatic N) is 6. The SMILES string of the molecule is N#CCC1(n2cc(-c3cccc4nc(NC(=O)C5CC5)nn34)cn2)CNC1. The summed E-state index contributed by atoms with van der Waals surface area (Å²) in [6.45, 7) is 1.46. The van der Waals surface area contributed by atoms with Crippen molar-refractivity contribution in [1.82, 2.24) is 29.7 Å². The Morgan fingerprint density at radius 1 is 1.41 bits per heavy atom. The van der Waals surface area contributed by atoms with E-state index in [9.17, 15) is 4.79 Å². The molecule has 0 spiro atoms. The van der Waals surface area contributed by atoms with Crippen LogP contribution in [-0.4, -0.2) is 43.4 Å². The zero-order valence-electron chi connectivity index (χ0n) is 14.6. The molecule has 2 N–H and O–H groups in total. The molecule has 3 aromatic rings. The van der Waals surface area contributed by atoms with Gasteiger partial charge in [-0.2, -0.15) is 15.3 Å². The quantitative estimate of drug-likeness (QED) is 0.704. The molecule has 27 heavy (non-hydrogen) atoms. The Bertz CT molecular complexity index is 1070. The van der Waals surface area contributed by atoms with Crippen LogP contribution in [0.5, 0.6) is 0 Å². The summed E-state index contributed by atoms with van der Waals surface area (Å²) >= 11 is 0. The van der Waals surface area contributed by atoms with Crippen molar-refractivity contribution >= 4 is 17.5 Å². The Hall–Kier alpha value is -3.25. The highest BCUT2D eigenvalue weighted by Gasteiger charge is 2.39. The Morgan fingerprint density at radius 2 is 2.26 bits per heavy atom. The number of aromatic nitrogens is 5. The molecule has 5 rings (SSSR count). The minimum absolute atomic E-state index is 0.0174. The van der Waals surface area contributed by atoms with E-state index in [1.807, 2.05) is 29.1 Å². The molecule has 136 valence electrons. The zero-order valence-corrected chi connectivity index (χ0v) is 14.6. The van der Waals surface area contributed by atoms with Crippen LogP contribution in [0.2, 0.25) is 0 Å². The number of amides is 1. The van der Waals surface area contributed by atoms with Crippen LogP contribution in [0, 0.1) is 17.2 Å². The van der Waals surface area contributed by atoms with Gasteiger partial charge in [0.2, 0.25) is 11.9 Å². The average Bonchev–Trinajstić information content (AvgIpc) is 3.23. The molecule has 3 aromatic heterocycles. The van der Waals surface area contributed by atoms with E-state index in [1.54, 1.807) is 10.7 Å². The second kappa shape index (κ2) is 5.89. The molecule has 0 radical (unpaired) electrons. The topological polar surface area (TPSA) is 113 Å². The van der Waals surface area contributed by atoms with Crippen molar-refractivity contribution in [3.63, 3.8) is 0 Å². The normalized spacial score (nSPS) is 18.0. The smallest absolute Gasteiger partial charge is 0.249 e. The highest BCUT2D eigenvalue weighted by molar-refractivity contribution is 5.92. The van der Waals surface area contributed by atoms with Crippen molar-refractivity contribution in [2.24, 2.45) is 5.92 Å². The maximum atomic E-state index is 12.0. The molecular weight excluding hydrogens is 344 g/mol. The van der Waals surface area contributed by atoms with Gasteiger partial charge in [0.15, 0.2) is 5.65 Å². The first-order chi connectivity index (χ1) is 13.2. The molecule has 1 saturated carbocycles. The summed E-state index contributed by atoms with van der Waals surface area (Å²) in [4.78, 5) is 16.4. The molecule has 1 aliphatic heterocycles. The lowest BCUT2D eigenvalue weighted by Gasteiger charge is -2.41. The van der Waals surface area contributed by atoms with Crippen LogP contribution in [0.25, 0.3) is 16.9 Å². The molecule has 9 nitrogen and oxygen atoms in total. The third-order valence-electron chi connectivity index (χ3n) is 5.22. The highest BCUT2D eigenvalue weighted by atomic mass is 16.2. The first-order valence-electron chi connectivity index (χ1n) is 8.98. The number of hydrogen-bond donors (Lipinski definition) is 2. The fourth-order valence-electron chi connectivity index (χ4n) is 3.38. The average molecular weight is 362 g/mol. The fourth-order valence-corrected chi connectivity index (χ4v) is 3.38. The van der Waals surface area contributed by atoms with Gasteiger partial charge >= 0.3 is 0 Å². The van der Waals surface area contributed by atoms with E-state index in [0.717, 1.165) is 37.2 Å². The van der Waals surface area contributed by atoms with E-state index in [1.165, 1.54) is 0 Å². The molecule has 0 aromatic carbocycles. The van der Waals surface area contributed by atoms with Crippen molar-refractivity contribution < 1.29 is 4.79 Å². The third-order valence-corrected chi connectivity index (χ3v) is 5.22. The minimum Gasteiger partial charge on any atom is -0.312 e. The predicted molar refractivity (Wildman–Crippen MR) is 96.6 cm³/mol. The number of rotatable bonds is 5. The molecule has 0 atom stereocenters. The first kappa shape index (κ1) is 16.0. The van der Waals surface area contributed by atoms with Crippen LogP contribution in [0.15, 0.2) is 30.6 Å². The summed E-state index contributed by atoms with van der Waals surface area (Å²) in [7, 11) is 0. The van der Waals surface area contributed by atoms with Gasteiger partial charge in [-0.1, -0.05) is 6.07 Å². The number of fused-ring (bicyclic) bond motifs is 1. The second-order valence-corrected chi connectivity index (χ2v) is 7.22. The Morgan fingerprint density at radius 3 is 2.96 bits per heavy atom. The Labute approximate surface area is 155 Å². The van der Waals surface area contributed by atoms with Gasteiger partial charge in [0.1, 0.15) is 5.54 Å². The number of anilines is 1. The number of nitrogens with one attached hydrogen (secondary N) is 2. The van der Waals surface area contributed by atoms with Crippen LogP contribution in [0.4, 0.5) is 5.95 Å². The number of hydrogen-bond acceptors (Lipinski definition) is 6. The summed E-state index contributed by atoms with van der Waals surface area (Å²) in [6, 6.07) is 7.94. The van der Waals surface area contributed by atoms with Gasteiger partial charge in [-0.25, -0.2) is 4.52 Å². The summed E-state index contributed by atoms with van der Waals surface area (Å²) < 4.78 is 3.58. The van der Waals surface area contributed by atoms with Crippen molar-refractivity contribution in [2.75, 3.05) is 18.4 Å². The van der Waals surface area contributed by atoms with Crippen LogP contribution in [0.3, 0.4) is 0 Å². The molecule has 0 unspecified atom stereocenters. The monoisotopic (exact) mass is 362 g/mol. The molecule has 9 heteroatoms. The number of nitriles is 1. The van der Waals surface area contributed by atoms with Gasteiger partial charge < -0.3 is 5.32 Å². The van der Waals surface area contributed by atoms with E-state index in [0.29, 0.717) is 18.0 Å². The molecule has 2 aliphatic rings. The molecule has 4 heterocycles. The summed E-state index contributed by atoms with van der Waals surface area (Å²) in [5.74, 6) is 0.397. The van der Waals surface area contributed by atoms with E-state index in [2.05, 4.69) is 31.9 Å². The van der Waals surface area contributed by atoms with Gasteiger partial charge in [-0.3, -0.25) is 14.8 Å². The summed E-state index contributed by atoms with van der Waals surface area (Å²) in [5.41, 5.74) is 2.09. The molecular formula is C18H18N8O. The van der Waals surface area contributed by atoms with Gasteiger partial charge in [0, 0.05) is 30.8 Å². The lowest BCUT2D eigenvalue weighted by atomic mass is 9.89. The number of carbonyl (C=O) groups excluding carboxylic acids is 1. The zero-order chi connectivity index (χ0) is 18.4. The van der Waals surface area contributed by atoms with Crippen LogP contribution >= 0.6 is 0 Å². The Kier molecular flexibility index (Phi) is 3.48. The fraction of sp³-hybridized carbons (Fsp3) is 0.389. The minimum atomic E-state index is -0.285. The van der Waals surface area contributed by atoms with E-state index >= 15 is 0 Å². The molecule has 2 fully saturated rings. The number of pyridine rings is 1. The lowest BCUT2D eigenvalue weighted by molar-refractivity contribution is -0.117. The standard InChI is InChI=1S/C18H18N8O/c19-7-6-18(10-20-11-18)25-9-13(8-21-25)14-2-1-3-15-22-17(24-26(14)15)23-16(27)12-4-5-12/h1-3,8-9,12,20H,4-6,10-11H2,(H,23,24,27). The van der Waals surface area contributed by atoms with Crippen molar-refractivity contribution in [1.29, 1.82) is 5.26 Å². The maximum Gasteiger partial charge on any atom is 0.249 e. The molecule has 1 aliphatic carbocycles. The van der Waals surface area contributed by atoms with Gasteiger partial charge in [0.05, 0.1) is 24.4 Å². The molecule has 1 amide bonds. The third kappa shape index (κ3) is 2.65. The lowest BCUT2D eigenvalue weighted by Crippen LogP contribution is -2.60. The maximum absolute atomic E-state index is 12.0. The highest BCUT2D eigenvalue weighted by Crippen LogP contribution is 2.30. The summed E-state index contributed by atoms with van der Waals surface area (Å²) in [6.07, 6.45) is 5.99. The molecule has 1 saturated heterocycles. The summed E-state index contributed by atoms with van der Waals surface area (Å²) in [5, 5.41) is 24.1. The number of carbonyl (C=O) groups is 1. The molecule has 0 bridgehead atoms. The predicted octanol–water partition coefficient (Wildman–Crippen LogP) is 1.15. The van der Waals surface area contributed by atoms with Gasteiger partial charge in [-0.05, 0) is 25.0 Å². The second-order valence-electron chi connectivity index (χ2n) is 7.22. The van der Waals surface area contributed by atoms with Gasteiger partial charge in [-0.15, -0.1) is 5.10 Å². The first-order valence-corrected chi connectivity index (χ1v) is 8.98. The van der Waals surface area contributed by atoms with Gasteiger partial charge in [0.25, 0.3) is 0 Å².